The molecule has 0 fully saturated rings. The Hall–Kier alpha value is -3.90. The Morgan fingerprint density at radius 1 is 1.09 bits per heavy atom. The van der Waals surface area contributed by atoms with Gasteiger partial charge in [0, 0.05) is 29.5 Å². The number of nitrogens with zero attached hydrogens (tertiary/aromatic N) is 5. The predicted octanol–water partition coefficient (Wildman–Crippen LogP) is 4.94. The molecule has 0 radical (unpaired) electrons. The minimum atomic E-state index is -4.10. The zero-order chi connectivity index (χ0) is 42.0. The highest BCUT2D eigenvalue weighted by molar-refractivity contribution is 8.00. The number of aromatic nitrogens is 4. The number of rotatable bonds is 11. The number of aliphatic carboxylic acids is 2. The molecule has 2 aromatic carbocycles. The first-order chi connectivity index (χ1) is 26.1. The quantitative estimate of drug-likeness (QED) is 0.0761. The van der Waals surface area contributed by atoms with E-state index in [2.05, 4.69) is 21.3 Å². The van der Waals surface area contributed by atoms with Crippen LogP contribution in [0.2, 0.25) is 15.1 Å². The largest absolute Gasteiger partial charge is 0.481 e. The van der Waals surface area contributed by atoms with E-state index in [0.717, 1.165) is 46.7 Å². The molecule has 0 unspecified atom stereocenters. The van der Waals surface area contributed by atoms with Crippen molar-refractivity contribution >= 4 is 83.1 Å². The maximum Gasteiger partial charge on any atom is 0.442 e. The number of halogens is 4. The lowest BCUT2D eigenvalue weighted by Crippen LogP contribution is -2.31. The first kappa shape index (κ1) is 46.5. The Kier molecular flexibility index (Phi) is 17.0. The van der Waals surface area contributed by atoms with Gasteiger partial charge in [-0.15, -0.1) is 23.3 Å². The van der Waals surface area contributed by atoms with Crippen molar-refractivity contribution in [2.75, 3.05) is 25.2 Å². The van der Waals surface area contributed by atoms with Gasteiger partial charge < -0.3 is 29.2 Å². The third-order valence-electron chi connectivity index (χ3n) is 6.78. The van der Waals surface area contributed by atoms with E-state index < -0.39 is 49.4 Å². The summed E-state index contributed by atoms with van der Waals surface area (Å²) in [6.07, 6.45) is 6.42. The molecule has 5 rings (SSSR count). The van der Waals surface area contributed by atoms with Gasteiger partial charge >= 0.3 is 30.2 Å². The number of carboxylic acid groups (broad SMARTS) is 2. The third-order valence-corrected chi connectivity index (χ3v) is 10.4. The smallest absolute Gasteiger partial charge is 0.442 e. The number of thioether (sulfide) groups is 1. The number of nitrogens with one attached hydrogen (secondary N) is 1. The molecule has 0 atom stereocenters. The summed E-state index contributed by atoms with van der Waals surface area (Å²) in [6.45, 7) is 6.54. The number of hydrogen-bond acceptors (Lipinski definition) is 12. The third kappa shape index (κ3) is 13.9. The van der Waals surface area contributed by atoms with E-state index >= 15 is 0 Å². The number of fused-ring (bicyclic) bond motifs is 1. The van der Waals surface area contributed by atoms with Crippen LogP contribution in [0.4, 0.5) is 10.1 Å². The molecule has 304 valence electrons. The fourth-order valence-electron chi connectivity index (χ4n) is 4.33. The van der Waals surface area contributed by atoms with Crippen LogP contribution in [0.25, 0.3) is 5.69 Å². The fourth-order valence-corrected chi connectivity index (χ4v) is 7.12. The summed E-state index contributed by atoms with van der Waals surface area (Å²) >= 11 is 20.1. The van der Waals surface area contributed by atoms with Gasteiger partial charge in [-0.05, 0) is 42.4 Å². The topological polar surface area (TPSA) is 241 Å². The van der Waals surface area contributed by atoms with E-state index in [-0.39, 0.29) is 38.0 Å². The minimum Gasteiger partial charge on any atom is -0.481 e. The summed E-state index contributed by atoms with van der Waals surface area (Å²) in [5.41, 5.74) is -0.0658. The second kappa shape index (κ2) is 20.5. The minimum absolute atomic E-state index is 0.0370. The molecule has 1 aliphatic heterocycles. The van der Waals surface area contributed by atoms with Gasteiger partial charge in [0.2, 0.25) is 10.7 Å². The second-order valence-corrected chi connectivity index (χ2v) is 17.1. The summed E-state index contributed by atoms with van der Waals surface area (Å²) in [5, 5.41) is 23.7. The molecule has 0 aliphatic carbocycles. The highest BCUT2D eigenvalue weighted by atomic mass is 35.5. The highest BCUT2D eigenvalue weighted by Crippen LogP contribution is 2.34. The van der Waals surface area contributed by atoms with E-state index in [9.17, 15) is 28.1 Å². The Morgan fingerprint density at radius 3 is 2.32 bits per heavy atom. The molecule has 5 N–H and O–H groups in total. The molecule has 17 nitrogen and oxygen atoms in total. The second-order valence-electron chi connectivity index (χ2n) is 12.3. The monoisotopic (exact) mass is 898 g/mol. The average Bonchev–Trinajstić information content (AvgIpc) is 3.64. The van der Waals surface area contributed by atoms with Crippen LogP contribution in [-0.2, 0) is 32.7 Å². The van der Waals surface area contributed by atoms with Crippen molar-refractivity contribution in [3.8, 4) is 23.8 Å². The molecular weight excluding hydrogens is 865 g/mol. The Balaban J connectivity index is 0.000000244. The van der Waals surface area contributed by atoms with Gasteiger partial charge in [0.1, 0.15) is 23.9 Å². The summed E-state index contributed by atoms with van der Waals surface area (Å²) in [7, 11) is -4.10. The van der Waals surface area contributed by atoms with Crippen LogP contribution in [0.1, 0.15) is 39.5 Å². The van der Waals surface area contributed by atoms with Gasteiger partial charge in [0.25, 0.3) is 0 Å². The zero-order valence-electron chi connectivity index (χ0n) is 29.7. The van der Waals surface area contributed by atoms with E-state index in [4.69, 9.17) is 70.4 Å². The van der Waals surface area contributed by atoms with Crippen LogP contribution in [0.15, 0.2) is 48.2 Å². The van der Waals surface area contributed by atoms with Crippen LogP contribution >= 0.6 is 65.5 Å². The molecule has 56 heavy (non-hydrogen) atoms. The Morgan fingerprint density at radius 2 is 1.75 bits per heavy atom. The Bertz CT molecular complexity index is 2340. The lowest BCUT2D eigenvalue weighted by Gasteiger charge is -2.15. The van der Waals surface area contributed by atoms with Crippen LogP contribution in [0, 0.1) is 18.2 Å². The van der Waals surface area contributed by atoms with Gasteiger partial charge in [0.15, 0.2) is 0 Å². The average molecular weight is 900 g/mol. The summed E-state index contributed by atoms with van der Waals surface area (Å²) in [6, 6.07) is 5.48. The molecule has 3 heterocycles. The molecule has 1 aliphatic rings. The van der Waals surface area contributed by atoms with Crippen LogP contribution < -0.4 is 25.5 Å². The SMILES string of the molecule is C#CCOc1cc(-n2nc(C(C)(C)C)oc2=O)c(Cl)cc1Cl.O=C(O)CNCP(=O)(O)O.O=C(O)CSc1cc(N=c2sc(=O)n3n2CCCC3)c(F)cc1Cl. The first-order valence-electron chi connectivity index (χ1n) is 15.9. The number of benzene rings is 2. The van der Waals surface area contributed by atoms with Gasteiger partial charge in [-0.2, -0.15) is 4.68 Å². The van der Waals surface area contributed by atoms with E-state index in [1.165, 1.54) is 18.2 Å². The van der Waals surface area contributed by atoms with Crippen LogP contribution in [0.5, 0.6) is 5.75 Å². The molecule has 0 saturated carbocycles. The molecule has 4 aromatic rings. The number of hydrogen-bond donors (Lipinski definition) is 5. The van der Waals surface area contributed by atoms with Crippen LogP contribution in [-0.4, -0.2) is 76.3 Å². The van der Waals surface area contributed by atoms with Crippen molar-refractivity contribution in [3.63, 3.8) is 0 Å². The standard InChI is InChI=1S/C15H14Cl2N2O3.C14H13ClFN3O3S2.C3H8NO5P/c1-5-6-21-12-8-11(9(16)7-10(12)17)19-14(20)22-13(18-19)15(2,3)4;15-8-5-9(16)10(6-11(8)23-7-12(20)21)17-13-18-3-1-2-4-19(18)14(22)24-13;5-3(6)1-4-2-10(7,8)9/h1,7-8H,6H2,2-4H3;5-6H,1-4,7H2,(H,20,21);4H,1-2H2,(H,5,6)(H2,7,8,9). The van der Waals surface area contributed by atoms with Crippen molar-refractivity contribution in [1.82, 2.24) is 24.5 Å². The lowest BCUT2D eigenvalue weighted by molar-refractivity contribution is -0.136. The first-order valence-corrected chi connectivity index (χ1v) is 20.7. The molecule has 0 amide bonds. The van der Waals surface area contributed by atoms with Gasteiger partial charge in [-0.1, -0.05) is 61.5 Å². The van der Waals surface area contributed by atoms with Crippen molar-refractivity contribution < 1.29 is 47.7 Å². The normalized spacial score (nSPS) is 12.8. The van der Waals surface area contributed by atoms with Crippen molar-refractivity contribution in [2.45, 2.75) is 57.0 Å². The lowest BCUT2D eigenvalue weighted by atomic mass is 9.97. The fraction of sp³-hybridized carbons (Fsp3) is 0.375. The van der Waals surface area contributed by atoms with Crippen molar-refractivity contribution in [1.29, 1.82) is 0 Å². The Labute approximate surface area is 340 Å². The summed E-state index contributed by atoms with van der Waals surface area (Å²) in [5.74, 6) is -0.631. The van der Waals surface area contributed by atoms with E-state index in [0.29, 0.717) is 40.1 Å². The maximum atomic E-state index is 14.2. The molecule has 0 spiro atoms. The van der Waals surface area contributed by atoms with E-state index in [1.807, 2.05) is 20.8 Å². The summed E-state index contributed by atoms with van der Waals surface area (Å²) < 4.78 is 39.1. The molecular formula is C32H35Cl3FN6O11PS2. The van der Waals surface area contributed by atoms with Crippen molar-refractivity contribution in [3.05, 3.63) is 76.1 Å². The maximum absolute atomic E-state index is 14.2. The molecule has 2 aromatic heterocycles. The summed E-state index contributed by atoms with van der Waals surface area (Å²) in [4.78, 5) is 65.8. The number of ether oxygens (including phenoxy) is 1. The highest BCUT2D eigenvalue weighted by Gasteiger charge is 2.24. The van der Waals surface area contributed by atoms with Crippen molar-refractivity contribution in [2.24, 2.45) is 4.99 Å². The zero-order valence-corrected chi connectivity index (χ0v) is 34.5. The number of carboxylic acids is 2. The van der Waals surface area contributed by atoms with Gasteiger partial charge in [-0.25, -0.2) is 18.9 Å². The van der Waals surface area contributed by atoms with E-state index in [1.54, 1.807) is 9.36 Å². The predicted molar refractivity (Wildman–Crippen MR) is 208 cm³/mol. The molecule has 0 saturated heterocycles. The molecule has 0 bridgehead atoms. The molecule has 24 heteroatoms. The number of terminal acetylenes is 1. The van der Waals surface area contributed by atoms with Crippen LogP contribution in [0.3, 0.4) is 0 Å². The van der Waals surface area contributed by atoms with Gasteiger partial charge in [-0.3, -0.25) is 28.9 Å². The van der Waals surface area contributed by atoms with Gasteiger partial charge in [0.05, 0.1) is 39.3 Å². The number of carbonyl (C=O) groups is 2.